The number of rotatable bonds is 53. The van der Waals surface area contributed by atoms with E-state index in [9.17, 15) is 14.7 Å². The molecule has 0 heterocycles. The van der Waals surface area contributed by atoms with Gasteiger partial charge < -0.3 is 19.8 Å². The second kappa shape index (κ2) is 51.8. The van der Waals surface area contributed by atoms with E-state index in [0.29, 0.717) is 18.4 Å². The standard InChI is InChI=1S/C57H115N3O3/c1-5-9-13-17-21-31-41-51-59(52-42-32-22-18-14-10-6-2)56(62)46-36-27-25-29-38-48-58(50-40-35-45-55-61)49-39-30-26-28-37-47-57(63)60(53-43-33-23-19-15-11-7-3)54-44-34-24-20-16-12-8-4/h61H,5-55H2,1-4H3. The van der Waals surface area contributed by atoms with Gasteiger partial charge in [0.2, 0.25) is 11.8 Å². The first-order valence-corrected chi connectivity index (χ1v) is 28.9. The number of aliphatic hydroxyl groups is 1. The molecule has 376 valence electrons. The van der Waals surface area contributed by atoms with Crippen LogP contribution < -0.4 is 0 Å². The number of hydrogen-bond acceptors (Lipinski definition) is 4. The van der Waals surface area contributed by atoms with Crippen molar-refractivity contribution in [3.63, 3.8) is 0 Å². The maximum Gasteiger partial charge on any atom is 0.222 e. The lowest BCUT2D eigenvalue weighted by Crippen LogP contribution is -2.32. The Bertz CT molecular complexity index is 813. The molecule has 1 N–H and O–H groups in total. The molecule has 2 amide bonds. The summed E-state index contributed by atoms with van der Waals surface area (Å²) in [7, 11) is 0. The third kappa shape index (κ3) is 44.5. The molecule has 6 heteroatoms. The van der Waals surface area contributed by atoms with Gasteiger partial charge >= 0.3 is 0 Å². The lowest BCUT2D eigenvalue weighted by Gasteiger charge is -2.23. The molecule has 0 spiro atoms. The van der Waals surface area contributed by atoms with E-state index in [4.69, 9.17) is 0 Å². The van der Waals surface area contributed by atoms with Gasteiger partial charge in [0.05, 0.1) is 0 Å². The van der Waals surface area contributed by atoms with Crippen molar-refractivity contribution in [2.24, 2.45) is 0 Å². The zero-order valence-corrected chi connectivity index (χ0v) is 43.7. The van der Waals surface area contributed by atoms with Crippen molar-refractivity contribution in [1.29, 1.82) is 0 Å². The van der Waals surface area contributed by atoms with E-state index in [2.05, 4.69) is 42.4 Å². The second-order valence-electron chi connectivity index (χ2n) is 19.9. The summed E-state index contributed by atoms with van der Waals surface area (Å²) in [5.41, 5.74) is 0. The average molecular weight is 891 g/mol. The summed E-state index contributed by atoms with van der Waals surface area (Å²) in [6, 6.07) is 0. The van der Waals surface area contributed by atoms with Gasteiger partial charge in [-0.15, -0.1) is 0 Å². The molecule has 0 bridgehead atoms. The van der Waals surface area contributed by atoms with E-state index in [1.54, 1.807) is 0 Å². The maximum absolute atomic E-state index is 13.4. The molecule has 0 rings (SSSR count). The van der Waals surface area contributed by atoms with Gasteiger partial charge in [0.1, 0.15) is 0 Å². The van der Waals surface area contributed by atoms with Crippen LogP contribution in [0.3, 0.4) is 0 Å². The van der Waals surface area contributed by atoms with E-state index >= 15 is 0 Å². The maximum atomic E-state index is 13.4. The van der Waals surface area contributed by atoms with Crippen LogP contribution in [0.2, 0.25) is 0 Å². The van der Waals surface area contributed by atoms with Crippen molar-refractivity contribution in [1.82, 2.24) is 14.7 Å². The molecule has 0 saturated carbocycles. The van der Waals surface area contributed by atoms with Crippen molar-refractivity contribution >= 4 is 11.8 Å². The molecule has 0 atom stereocenters. The van der Waals surface area contributed by atoms with Gasteiger partial charge in [0, 0.05) is 45.6 Å². The largest absolute Gasteiger partial charge is 0.396 e. The molecular formula is C57H115N3O3. The topological polar surface area (TPSA) is 64.1 Å². The van der Waals surface area contributed by atoms with E-state index < -0.39 is 0 Å². The van der Waals surface area contributed by atoms with E-state index in [-0.39, 0.29) is 0 Å². The number of amides is 2. The molecule has 0 radical (unpaired) electrons. The molecule has 0 fully saturated rings. The molecule has 0 aliphatic carbocycles. The van der Waals surface area contributed by atoms with E-state index in [1.807, 2.05) is 0 Å². The quantitative estimate of drug-likeness (QED) is 0.0618. The van der Waals surface area contributed by atoms with E-state index in [1.165, 1.54) is 251 Å². The molecule has 0 aliphatic rings. The summed E-state index contributed by atoms with van der Waals surface area (Å²) in [4.78, 5) is 33.9. The Morgan fingerprint density at radius 1 is 0.270 bits per heavy atom. The molecule has 0 aromatic rings. The number of hydrogen-bond donors (Lipinski definition) is 1. The van der Waals surface area contributed by atoms with Gasteiger partial charge in [-0.3, -0.25) is 9.59 Å². The van der Waals surface area contributed by atoms with Crippen LogP contribution >= 0.6 is 0 Å². The van der Waals surface area contributed by atoms with Crippen molar-refractivity contribution in [2.45, 2.75) is 304 Å². The van der Waals surface area contributed by atoms with Crippen molar-refractivity contribution in [2.75, 3.05) is 52.4 Å². The van der Waals surface area contributed by atoms with Gasteiger partial charge in [0.15, 0.2) is 0 Å². The van der Waals surface area contributed by atoms with Crippen LogP contribution in [0.1, 0.15) is 304 Å². The highest BCUT2D eigenvalue weighted by Gasteiger charge is 2.14. The summed E-state index contributed by atoms with van der Waals surface area (Å²) in [5.74, 6) is 0.819. The van der Waals surface area contributed by atoms with Gasteiger partial charge in [0.25, 0.3) is 0 Å². The van der Waals surface area contributed by atoms with Crippen LogP contribution in [0.5, 0.6) is 0 Å². The molecule has 0 unspecified atom stereocenters. The molecule has 0 saturated heterocycles. The summed E-state index contributed by atoms with van der Waals surface area (Å²) >= 11 is 0. The Morgan fingerprint density at radius 3 is 0.730 bits per heavy atom. The summed E-state index contributed by atoms with van der Waals surface area (Å²) in [5, 5.41) is 9.31. The van der Waals surface area contributed by atoms with Crippen LogP contribution in [0.25, 0.3) is 0 Å². The molecule has 63 heavy (non-hydrogen) atoms. The zero-order valence-electron chi connectivity index (χ0n) is 43.7. The summed E-state index contributed by atoms with van der Waals surface area (Å²) in [6.07, 6.45) is 53.1. The lowest BCUT2D eigenvalue weighted by molar-refractivity contribution is -0.132. The SMILES string of the molecule is CCCCCCCCCN(CCCCCCCCC)C(=O)CCCCCCCN(CCCCCO)CCCCCCCC(=O)N(CCCCCCCCC)CCCCCCCCC. The Labute approximate surface area is 396 Å². The number of carbonyl (C=O) groups is 2. The number of unbranched alkanes of at least 4 members (excludes halogenated alkanes) is 34. The molecule has 0 aliphatic heterocycles. The van der Waals surface area contributed by atoms with Crippen molar-refractivity contribution in [3.05, 3.63) is 0 Å². The Balaban J connectivity index is 4.56. The van der Waals surface area contributed by atoms with Crippen LogP contribution in [-0.2, 0) is 9.59 Å². The van der Waals surface area contributed by atoms with Crippen LogP contribution in [-0.4, -0.2) is 84.0 Å². The number of aliphatic hydroxyl groups excluding tert-OH is 1. The van der Waals surface area contributed by atoms with Crippen molar-refractivity contribution in [3.8, 4) is 0 Å². The first-order chi connectivity index (χ1) is 31.0. The van der Waals surface area contributed by atoms with Gasteiger partial charge in [-0.25, -0.2) is 0 Å². The fraction of sp³-hybridized carbons (Fsp3) is 0.965. The van der Waals surface area contributed by atoms with Gasteiger partial charge in [-0.2, -0.15) is 0 Å². The lowest BCUT2D eigenvalue weighted by atomic mass is 10.1. The van der Waals surface area contributed by atoms with Gasteiger partial charge in [-0.1, -0.05) is 220 Å². The smallest absolute Gasteiger partial charge is 0.222 e. The van der Waals surface area contributed by atoms with Crippen LogP contribution in [0.15, 0.2) is 0 Å². The minimum Gasteiger partial charge on any atom is -0.396 e. The third-order valence-corrected chi connectivity index (χ3v) is 13.7. The highest BCUT2D eigenvalue weighted by atomic mass is 16.3. The first-order valence-electron chi connectivity index (χ1n) is 28.9. The summed E-state index contributed by atoms with van der Waals surface area (Å²) < 4.78 is 0. The molecule has 0 aromatic heterocycles. The third-order valence-electron chi connectivity index (χ3n) is 13.7. The fourth-order valence-electron chi connectivity index (χ4n) is 9.32. The predicted molar refractivity (Wildman–Crippen MR) is 278 cm³/mol. The Morgan fingerprint density at radius 2 is 0.476 bits per heavy atom. The summed E-state index contributed by atoms with van der Waals surface area (Å²) in [6.45, 7) is 16.8. The van der Waals surface area contributed by atoms with Crippen LogP contribution in [0.4, 0.5) is 0 Å². The first kappa shape index (κ1) is 61.9. The highest BCUT2D eigenvalue weighted by molar-refractivity contribution is 5.76. The number of nitrogens with zero attached hydrogens (tertiary/aromatic N) is 3. The van der Waals surface area contributed by atoms with E-state index in [0.717, 1.165) is 71.2 Å². The highest BCUT2D eigenvalue weighted by Crippen LogP contribution is 2.16. The number of carbonyl (C=O) groups excluding carboxylic acids is 2. The normalized spacial score (nSPS) is 11.6. The zero-order chi connectivity index (χ0) is 45.9. The van der Waals surface area contributed by atoms with Crippen LogP contribution in [0, 0.1) is 0 Å². The average Bonchev–Trinajstić information content (AvgIpc) is 3.29. The molecule has 6 nitrogen and oxygen atoms in total. The monoisotopic (exact) mass is 890 g/mol. The van der Waals surface area contributed by atoms with Gasteiger partial charge in [-0.05, 0) is 90.3 Å². The second-order valence-corrected chi connectivity index (χ2v) is 19.9. The molecular weight excluding hydrogens is 775 g/mol. The minimum atomic E-state index is 0.303. The Hall–Kier alpha value is -1.14. The fourth-order valence-corrected chi connectivity index (χ4v) is 9.32. The predicted octanol–water partition coefficient (Wildman–Crippen LogP) is 16.8. The minimum absolute atomic E-state index is 0.303. The molecule has 0 aromatic carbocycles. The Kier molecular flexibility index (Phi) is 50.9. The van der Waals surface area contributed by atoms with Crippen molar-refractivity contribution < 1.29 is 14.7 Å².